The summed E-state index contributed by atoms with van der Waals surface area (Å²) in [4.78, 5) is 0. The second-order valence-corrected chi connectivity index (χ2v) is 4.90. The molecule has 15 heavy (non-hydrogen) atoms. The van der Waals surface area contributed by atoms with Gasteiger partial charge < -0.3 is 4.74 Å². The summed E-state index contributed by atoms with van der Waals surface area (Å²) in [5.74, 6) is 0.785. The topological polar surface area (TPSA) is 9.23 Å². The van der Waals surface area contributed by atoms with Gasteiger partial charge in [-0.2, -0.15) is 0 Å². The Bertz CT molecular complexity index is 350. The molecule has 2 heteroatoms. The Morgan fingerprint density at radius 3 is 2.53 bits per heavy atom. The number of rotatable bonds is 3. The number of halogens is 1. The first-order valence-corrected chi connectivity index (χ1v) is 5.36. The summed E-state index contributed by atoms with van der Waals surface area (Å²) >= 11 is 6.19. The fourth-order valence-corrected chi connectivity index (χ4v) is 1.80. The molecule has 1 rings (SSSR count). The first-order valence-electron chi connectivity index (χ1n) is 4.99. The summed E-state index contributed by atoms with van der Waals surface area (Å²) in [6.45, 7) is 10.5. The maximum absolute atomic E-state index is 6.19. The molecule has 0 atom stereocenters. The molecule has 0 aromatic heterocycles. The van der Waals surface area contributed by atoms with Gasteiger partial charge in [0, 0.05) is 5.02 Å². The number of ether oxygens (including phenoxy) is 1. The second kappa shape index (κ2) is 4.71. The monoisotopic (exact) mass is 224 g/mol. The maximum atomic E-state index is 6.19. The van der Waals surface area contributed by atoms with E-state index in [0.29, 0.717) is 6.61 Å². The van der Waals surface area contributed by atoms with Gasteiger partial charge in [0.1, 0.15) is 12.4 Å². The first-order chi connectivity index (χ1) is 6.95. The van der Waals surface area contributed by atoms with Crippen LogP contribution in [-0.2, 0) is 5.41 Å². The van der Waals surface area contributed by atoms with Crippen LogP contribution in [0.15, 0.2) is 30.9 Å². The highest BCUT2D eigenvalue weighted by atomic mass is 35.5. The van der Waals surface area contributed by atoms with Crippen molar-refractivity contribution in [2.45, 2.75) is 26.2 Å². The van der Waals surface area contributed by atoms with Crippen molar-refractivity contribution in [3.05, 3.63) is 41.4 Å². The lowest BCUT2D eigenvalue weighted by molar-refractivity contribution is 0.363. The van der Waals surface area contributed by atoms with Crippen molar-refractivity contribution >= 4 is 11.6 Å². The fourth-order valence-electron chi connectivity index (χ4n) is 1.35. The van der Waals surface area contributed by atoms with Crippen LogP contribution in [0, 0.1) is 0 Å². The van der Waals surface area contributed by atoms with Crippen molar-refractivity contribution < 1.29 is 4.74 Å². The van der Waals surface area contributed by atoms with E-state index in [1.165, 1.54) is 0 Å². The third-order valence-corrected chi connectivity index (χ3v) is 2.43. The second-order valence-electron chi connectivity index (χ2n) is 4.49. The van der Waals surface area contributed by atoms with Gasteiger partial charge in [-0.1, -0.05) is 51.1 Å². The normalized spacial score (nSPS) is 11.2. The fraction of sp³-hybridized carbons (Fsp3) is 0.385. The molecule has 0 aliphatic heterocycles. The van der Waals surface area contributed by atoms with Gasteiger partial charge in [-0.05, 0) is 23.1 Å². The summed E-state index contributed by atoms with van der Waals surface area (Å²) in [5, 5.41) is 0.754. The quantitative estimate of drug-likeness (QED) is 0.700. The highest BCUT2D eigenvalue weighted by molar-refractivity contribution is 6.31. The van der Waals surface area contributed by atoms with Crippen molar-refractivity contribution in [3.63, 3.8) is 0 Å². The van der Waals surface area contributed by atoms with Crippen LogP contribution in [-0.4, -0.2) is 6.61 Å². The van der Waals surface area contributed by atoms with Crippen molar-refractivity contribution in [1.82, 2.24) is 0 Å². The minimum absolute atomic E-state index is 0.0635. The molecule has 0 fully saturated rings. The Balaban J connectivity index is 2.93. The molecule has 82 valence electrons. The predicted molar refractivity (Wildman–Crippen MR) is 65.8 cm³/mol. The zero-order valence-electron chi connectivity index (χ0n) is 9.51. The molecule has 0 heterocycles. The van der Waals surface area contributed by atoms with Crippen molar-refractivity contribution in [1.29, 1.82) is 0 Å². The largest absolute Gasteiger partial charge is 0.490 e. The SMILES string of the molecule is C=CCOc1ccc(C(C)(C)C)c(Cl)c1. The van der Waals surface area contributed by atoms with Gasteiger partial charge in [-0.25, -0.2) is 0 Å². The molecule has 0 aliphatic rings. The van der Waals surface area contributed by atoms with Gasteiger partial charge >= 0.3 is 0 Å². The number of hydrogen-bond acceptors (Lipinski definition) is 1. The van der Waals surface area contributed by atoms with Crippen LogP contribution in [0.2, 0.25) is 5.02 Å². The summed E-state index contributed by atoms with van der Waals surface area (Å²) in [6.07, 6.45) is 1.71. The Morgan fingerprint density at radius 1 is 1.40 bits per heavy atom. The van der Waals surface area contributed by atoms with Gasteiger partial charge in [-0.3, -0.25) is 0 Å². The molecule has 0 saturated heterocycles. The molecule has 0 radical (unpaired) electrons. The lowest BCUT2D eigenvalue weighted by Gasteiger charge is -2.20. The van der Waals surface area contributed by atoms with Crippen LogP contribution in [0.3, 0.4) is 0 Å². The van der Waals surface area contributed by atoms with E-state index in [9.17, 15) is 0 Å². The van der Waals surface area contributed by atoms with Crippen LogP contribution >= 0.6 is 11.6 Å². The molecule has 0 saturated carbocycles. The Labute approximate surface area is 96.7 Å². The molecular formula is C13H17ClO. The van der Waals surface area contributed by atoms with E-state index < -0.39 is 0 Å². The summed E-state index contributed by atoms with van der Waals surface area (Å²) in [6, 6.07) is 5.81. The molecule has 0 N–H and O–H groups in total. The van der Waals surface area contributed by atoms with E-state index in [2.05, 4.69) is 27.4 Å². The molecule has 1 nitrogen and oxygen atoms in total. The van der Waals surface area contributed by atoms with Crippen molar-refractivity contribution in [3.8, 4) is 5.75 Å². The Kier molecular flexibility index (Phi) is 3.81. The molecule has 1 aromatic rings. The summed E-state index contributed by atoms with van der Waals surface area (Å²) < 4.78 is 5.40. The zero-order chi connectivity index (χ0) is 11.5. The van der Waals surface area contributed by atoms with Crippen LogP contribution in [0.5, 0.6) is 5.75 Å². The van der Waals surface area contributed by atoms with Gasteiger partial charge in [0.2, 0.25) is 0 Å². The van der Waals surface area contributed by atoms with Gasteiger partial charge in [0.05, 0.1) is 0 Å². The lowest BCUT2D eigenvalue weighted by Crippen LogP contribution is -2.11. The van der Waals surface area contributed by atoms with Crippen LogP contribution in [0.1, 0.15) is 26.3 Å². The van der Waals surface area contributed by atoms with Gasteiger partial charge in [-0.15, -0.1) is 0 Å². The molecule has 0 amide bonds. The summed E-state index contributed by atoms with van der Waals surface area (Å²) in [5.41, 5.74) is 1.20. The highest BCUT2D eigenvalue weighted by Gasteiger charge is 2.17. The minimum atomic E-state index is 0.0635. The van der Waals surface area contributed by atoms with E-state index in [4.69, 9.17) is 16.3 Å². The average molecular weight is 225 g/mol. The molecule has 0 bridgehead atoms. The third-order valence-electron chi connectivity index (χ3n) is 2.12. The minimum Gasteiger partial charge on any atom is -0.490 e. The average Bonchev–Trinajstić information content (AvgIpc) is 2.12. The predicted octanol–water partition coefficient (Wildman–Crippen LogP) is 4.20. The summed E-state index contributed by atoms with van der Waals surface area (Å²) in [7, 11) is 0. The van der Waals surface area contributed by atoms with E-state index in [0.717, 1.165) is 16.3 Å². The molecule has 0 spiro atoms. The third kappa shape index (κ3) is 3.28. The smallest absolute Gasteiger partial charge is 0.121 e. The number of benzene rings is 1. The van der Waals surface area contributed by atoms with Crippen LogP contribution in [0.4, 0.5) is 0 Å². The van der Waals surface area contributed by atoms with Crippen molar-refractivity contribution in [2.24, 2.45) is 0 Å². The van der Waals surface area contributed by atoms with E-state index in [-0.39, 0.29) is 5.41 Å². The Hall–Kier alpha value is -0.950. The van der Waals surface area contributed by atoms with Gasteiger partial charge in [0.15, 0.2) is 0 Å². The van der Waals surface area contributed by atoms with Crippen LogP contribution < -0.4 is 4.74 Å². The molecule has 1 aromatic carbocycles. The lowest BCUT2D eigenvalue weighted by atomic mass is 9.87. The van der Waals surface area contributed by atoms with E-state index >= 15 is 0 Å². The Morgan fingerprint density at radius 2 is 2.07 bits per heavy atom. The van der Waals surface area contributed by atoms with E-state index in [1.807, 2.05) is 18.2 Å². The highest BCUT2D eigenvalue weighted by Crippen LogP contribution is 2.31. The molecule has 0 unspecified atom stereocenters. The van der Waals surface area contributed by atoms with E-state index in [1.54, 1.807) is 6.08 Å². The van der Waals surface area contributed by atoms with Crippen LogP contribution in [0.25, 0.3) is 0 Å². The molecular weight excluding hydrogens is 208 g/mol. The zero-order valence-corrected chi connectivity index (χ0v) is 10.3. The van der Waals surface area contributed by atoms with Crippen molar-refractivity contribution in [2.75, 3.05) is 6.61 Å². The van der Waals surface area contributed by atoms with Gasteiger partial charge in [0.25, 0.3) is 0 Å². The first kappa shape index (κ1) is 12.1. The maximum Gasteiger partial charge on any atom is 0.121 e. The number of hydrogen-bond donors (Lipinski definition) is 0. The molecule has 0 aliphatic carbocycles. The standard InChI is InChI=1S/C13H17ClO/c1-5-8-15-10-6-7-11(12(14)9-10)13(2,3)4/h5-7,9H,1,8H2,2-4H3.